The molecule has 0 amide bonds. The highest BCUT2D eigenvalue weighted by atomic mass is 79.9. The Morgan fingerprint density at radius 2 is 1.82 bits per heavy atom. The molecule has 2 atom stereocenters. The van der Waals surface area contributed by atoms with Gasteiger partial charge in [0, 0.05) is 4.48 Å². The van der Waals surface area contributed by atoms with Crippen LogP contribution in [-0.4, -0.2) is 12.2 Å². The van der Waals surface area contributed by atoms with E-state index in [2.05, 4.69) is 70.6 Å². The van der Waals surface area contributed by atoms with Crippen molar-refractivity contribution >= 4 is 15.9 Å². The highest BCUT2D eigenvalue weighted by molar-refractivity contribution is 9.12. The Balaban J connectivity index is 2.07. The molecule has 2 aliphatic heterocycles. The average molecular weight is 289 g/mol. The fourth-order valence-electron chi connectivity index (χ4n) is 2.20. The van der Waals surface area contributed by atoms with Crippen molar-refractivity contribution < 1.29 is 4.74 Å². The van der Waals surface area contributed by atoms with Crippen LogP contribution in [0.3, 0.4) is 0 Å². The van der Waals surface area contributed by atoms with Crippen LogP contribution in [0.25, 0.3) is 0 Å². The van der Waals surface area contributed by atoms with Crippen molar-refractivity contribution in [1.29, 1.82) is 0 Å². The van der Waals surface area contributed by atoms with Crippen LogP contribution in [-0.2, 0) is 4.74 Å². The van der Waals surface area contributed by atoms with Crippen molar-refractivity contribution in [3.8, 4) is 0 Å². The maximum absolute atomic E-state index is 5.98. The predicted molar refractivity (Wildman–Crippen MR) is 73.9 cm³/mol. The van der Waals surface area contributed by atoms with E-state index in [9.17, 15) is 0 Å². The molecule has 0 aromatic rings. The van der Waals surface area contributed by atoms with E-state index in [1.165, 1.54) is 11.1 Å². The van der Waals surface area contributed by atoms with Crippen LogP contribution < -0.4 is 0 Å². The van der Waals surface area contributed by atoms with E-state index in [1.807, 2.05) is 0 Å². The van der Waals surface area contributed by atoms with Gasteiger partial charge in [0.2, 0.25) is 0 Å². The first-order valence-corrected chi connectivity index (χ1v) is 6.57. The minimum absolute atomic E-state index is 0.0573. The van der Waals surface area contributed by atoms with Crippen LogP contribution in [0, 0.1) is 0 Å². The van der Waals surface area contributed by atoms with Crippen LogP contribution in [0.5, 0.6) is 0 Å². The number of hydrogen-bond donors (Lipinski definition) is 0. The Morgan fingerprint density at radius 3 is 2.65 bits per heavy atom. The molecule has 0 radical (unpaired) electrons. The lowest BCUT2D eigenvalue weighted by Gasteiger charge is -2.20. The Bertz CT molecular complexity index is 503. The summed E-state index contributed by atoms with van der Waals surface area (Å²) in [6.07, 6.45) is 20.1. The van der Waals surface area contributed by atoms with Gasteiger partial charge in [-0.25, -0.2) is 0 Å². The average Bonchev–Trinajstić information content (AvgIpc) is 2.60. The second-order valence-electron chi connectivity index (χ2n) is 4.32. The molecule has 4 bridgehead atoms. The van der Waals surface area contributed by atoms with Crippen LogP contribution in [0.15, 0.2) is 70.3 Å². The SMILES string of the molecule is BrC1=CC=C/C2=C/[C@H]3C=CC=C[C@@H](/C=C\1C2)O3. The van der Waals surface area contributed by atoms with Gasteiger partial charge >= 0.3 is 0 Å². The number of rotatable bonds is 0. The Kier molecular flexibility index (Phi) is 3.00. The van der Waals surface area contributed by atoms with Gasteiger partial charge in [0.1, 0.15) is 0 Å². The van der Waals surface area contributed by atoms with Gasteiger partial charge in [0.15, 0.2) is 0 Å². The van der Waals surface area contributed by atoms with Crippen molar-refractivity contribution in [3.63, 3.8) is 0 Å². The molecule has 17 heavy (non-hydrogen) atoms. The van der Waals surface area contributed by atoms with E-state index in [1.54, 1.807) is 0 Å². The molecular weight excluding hydrogens is 276 g/mol. The lowest BCUT2D eigenvalue weighted by molar-refractivity contribution is 0.0960. The first-order chi connectivity index (χ1) is 8.31. The number of allylic oxidation sites excluding steroid dienone is 8. The second kappa shape index (κ2) is 4.63. The van der Waals surface area contributed by atoms with Crippen molar-refractivity contribution in [2.75, 3.05) is 0 Å². The number of hydrogen-bond acceptors (Lipinski definition) is 1. The normalized spacial score (nSPS) is 36.6. The van der Waals surface area contributed by atoms with E-state index in [0.29, 0.717) is 0 Å². The third-order valence-corrected chi connectivity index (χ3v) is 3.80. The largest absolute Gasteiger partial charge is 0.359 e. The molecule has 2 heterocycles. The van der Waals surface area contributed by atoms with Crippen LogP contribution in [0.4, 0.5) is 0 Å². The molecule has 0 fully saturated rings. The number of halogens is 1. The zero-order valence-electron chi connectivity index (χ0n) is 9.34. The smallest absolute Gasteiger partial charge is 0.0959 e. The van der Waals surface area contributed by atoms with Gasteiger partial charge in [0.05, 0.1) is 12.2 Å². The van der Waals surface area contributed by atoms with Crippen molar-refractivity contribution in [2.24, 2.45) is 0 Å². The van der Waals surface area contributed by atoms with Gasteiger partial charge in [-0.05, 0) is 35.8 Å². The van der Waals surface area contributed by atoms with E-state index in [-0.39, 0.29) is 12.2 Å². The predicted octanol–water partition coefficient (Wildman–Crippen LogP) is 3.97. The maximum atomic E-state index is 5.98. The number of ether oxygens (including phenoxy) is 1. The van der Waals surface area contributed by atoms with E-state index >= 15 is 0 Å². The molecule has 1 aliphatic carbocycles. The van der Waals surface area contributed by atoms with Gasteiger partial charge in [-0.3, -0.25) is 0 Å². The fourth-order valence-corrected chi connectivity index (χ4v) is 2.62. The maximum Gasteiger partial charge on any atom is 0.0959 e. The molecule has 1 nitrogen and oxygen atoms in total. The molecule has 0 aromatic heterocycles. The summed E-state index contributed by atoms with van der Waals surface area (Å²) < 4.78 is 7.13. The summed E-state index contributed by atoms with van der Waals surface area (Å²) in [7, 11) is 0. The monoisotopic (exact) mass is 288 g/mol. The van der Waals surface area contributed by atoms with Gasteiger partial charge in [0.25, 0.3) is 0 Å². The Morgan fingerprint density at radius 1 is 1.06 bits per heavy atom. The summed E-state index contributed by atoms with van der Waals surface area (Å²) in [6, 6.07) is 0. The zero-order valence-corrected chi connectivity index (χ0v) is 10.9. The van der Waals surface area contributed by atoms with Gasteiger partial charge in [-0.2, -0.15) is 0 Å². The fraction of sp³-hybridized carbons (Fsp3) is 0.200. The summed E-state index contributed by atoms with van der Waals surface area (Å²) in [4.78, 5) is 0. The van der Waals surface area contributed by atoms with E-state index in [4.69, 9.17) is 4.74 Å². The minimum atomic E-state index is 0.0573. The molecule has 0 spiro atoms. The summed E-state index contributed by atoms with van der Waals surface area (Å²) in [6.45, 7) is 0. The summed E-state index contributed by atoms with van der Waals surface area (Å²) >= 11 is 3.61. The van der Waals surface area contributed by atoms with Gasteiger partial charge in [-0.1, -0.05) is 52.4 Å². The minimum Gasteiger partial charge on any atom is -0.359 e. The molecule has 0 N–H and O–H groups in total. The summed E-state index contributed by atoms with van der Waals surface area (Å²) in [5, 5.41) is 0. The number of fused-ring (bicyclic) bond motifs is 4. The van der Waals surface area contributed by atoms with Crippen LogP contribution in [0.1, 0.15) is 6.42 Å². The van der Waals surface area contributed by atoms with E-state index in [0.717, 1.165) is 10.9 Å². The Labute approximate surface area is 110 Å². The van der Waals surface area contributed by atoms with E-state index < -0.39 is 0 Å². The highest BCUT2D eigenvalue weighted by Gasteiger charge is 2.18. The van der Waals surface area contributed by atoms with Crippen LogP contribution in [0.2, 0.25) is 0 Å². The molecule has 2 heteroatoms. The zero-order chi connectivity index (χ0) is 11.7. The molecule has 0 saturated heterocycles. The topological polar surface area (TPSA) is 9.23 Å². The molecule has 3 rings (SSSR count). The lowest BCUT2D eigenvalue weighted by atomic mass is 10.0. The molecule has 3 aliphatic rings. The van der Waals surface area contributed by atoms with Crippen molar-refractivity contribution in [3.05, 3.63) is 70.3 Å². The second-order valence-corrected chi connectivity index (χ2v) is 5.17. The van der Waals surface area contributed by atoms with Gasteiger partial charge < -0.3 is 4.74 Å². The molecule has 86 valence electrons. The molecular formula is C15H13BrO. The lowest BCUT2D eigenvalue weighted by Crippen LogP contribution is -2.17. The standard InChI is InChI=1S/C15H13BrO/c16-15-7-3-4-11-8-12(15)10-14-6-2-1-5-13(9-11)17-14/h1-7,9-10,13-14H,8H2/b11-9-,12-10-/t13-,14+/m1/s1. The molecule has 0 saturated carbocycles. The van der Waals surface area contributed by atoms with Crippen LogP contribution >= 0.6 is 15.9 Å². The molecule has 0 aromatic carbocycles. The summed E-state index contributed by atoms with van der Waals surface area (Å²) in [5.41, 5.74) is 2.59. The third-order valence-electron chi connectivity index (χ3n) is 3.02. The summed E-state index contributed by atoms with van der Waals surface area (Å²) in [5.74, 6) is 0. The van der Waals surface area contributed by atoms with Crippen molar-refractivity contribution in [1.82, 2.24) is 0 Å². The van der Waals surface area contributed by atoms with Gasteiger partial charge in [-0.15, -0.1) is 0 Å². The quantitative estimate of drug-likeness (QED) is 0.655. The first-order valence-electron chi connectivity index (χ1n) is 5.77. The molecule has 0 unspecified atom stereocenters. The Hall–Kier alpha value is -1.12. The first kappa shape index (κ1) is 11.0. The highest BCUT2D eigenvalue weighted by Crippen LogP contribution is 2.31. The third kappa shape index (κ3) is 2.43. The van der Waals surface area contributed by atoms with Crippen molar-refractivity contribution in [2.45, 2.75) is 18.6 Å².